The van der Waals surface area contributed by atoms with Gasteiger partial charge in [0, 0.05) is 11.8 Å². The Morgan fingerprint density at radius 2 is 0.976 bits per heavy atom. The molecule has 0 bridgehead atoms. The number of carbonyl (C=O) groups excluding carboxylic acids is 2. The molecule has 8 heteroatoms. The van der Waals surface area contributed by atoms with Crippen LogP contribution in [0, 0.1) is 0 Å². The molecule has 206 valence electrons. The Hall–Kier alpha value is -5.11. The third-order valence-corrected chi connectivity index (χ3v) is 7.73. The van der Waals surface area contributed by atoms with Crippen molar-refractivity contribution in [3.63, 3.8) is 0 Å². The van der Waals surface area contributed by atoms with Crippen molar-refractivity contribution in [1.82, 2.24) is 10.6 Å². The van der Waals surface area contributed by atoms with Crippen LogP contribution in [-0.2, 0) is 14.3 Å². The maximum atomic E-state index is 12.6. The zero-order valence-electron chi connectivity index (χ0n) is 22.1. The van der Waals surface area contributed by atoms with Crippen LogP contribution < -0.4 is 10.6 Å². The topological polar surface area (TPSA) is 114 Å². The summed E-state index contributed by atoms with van der Waals surface area (Å²) in [7, 11) is 0. The Kier molecular flexibility index (Phi) is 7.12. The molecule has 8 nitrogen and oxygen atoms in total. The molecule has 2 aliphatic rings. The van der Waals surface area contributed by atoms with E-state index in [9.17, 15) is 19.5 Å². The van der Waals surface area contributed by atoms with Gasteiger partial charge in [0.15, 0.2) is 0 Å². The van der Waals surface area contributed by atoms with Gasteiger partial charge in [0.25, 0.3) is 0 Å². The molecule has 1 atom stereocenters. The van der Waals surface area contributed by atoms with Gasteiger partial charge in [0.05, 0.1) is 6.54 Å². The quantitative estimate of drug-likeness (QED) is 0.267. The average Bonchev–Trinajstić information content (AvgIpc) is 3.49. The van der Waals surface area contributed by atoms with E-state index in [1.807, 2.05) is 97.1 Å². The Bertz CT molecular complexity index is 1540. The molecule has 0 unspecified atom stereocenters. The second-order valence-corrected chi connectivity index (χ2v) is 10.1. The summed E-state index contributed by atoms with van der Waals surface area (Å²) in [6.07, 6.45) is -1.65. The van der Waals surface area contributed by atoms with E-state index in [1.54, 1.807) is 0 Å². The number of carboxylic acids is 1. The fraction of sp³-hybridized carbons (Fsp3) is 0.182. The monoisotopic (exact) mass is 548 g/mol. The van der Waals surface area contributed by atoms with E-state index in [4.69, 9.17) is 9.47 Å². The number of fused-ring (bicyclic) bond motifs is 6. The second kappa shape index (κ2) is 11.2. The Labute approximate surface area is 236 Å². The standard InChI is InChI=1S/C33H28N2O6/c36-31(37)30(35-33(39)41-19-29-26-15-7-3-11-22(26)23-12-4-8-16-27(23)29)17-34-32(38)40-18-28-24-13-5-1-9-20(24)21-10-2-6-14-25(21)28/h1-16,28-30H,17-19H2,(H,34,38)(H,35,39)(H,36,37)/t30-/m1/s1. The summed E-state index contributed by atoms with van der Waals surface area (Å²) < 4.78 is 10.9. The molecule has 0 heterocycles. The number of amides is 2. The second-order valence-electron chi connectivity index (χ2n) is 10.1. The van der Waals surface area contributed by atoms with Gasteiger partial charge < -0.3 is 25.2 Å². The van der Waals surface area contributed by atoms with Crippen molar-refractivity contribution in [2.45, 2.75) is 17.9 Å². The number of alkyl carbamates (subject to hydrolysis) is 2. The predicted octanol–water partition coefficient (Wildman–Crippen LogP) is 5.52. The molecule has 3 N–H and O–H groups in total. The normalized spacial score (nSPS) is 13.8. The van der Waals surface area contributed by atoms with Crippen LogP contribution in [0.1, 0.15) is 34.1 Å². The molecular weight excluding hydrogens is 520 g/mol. The highest BCUT2D eigenvalue weighted by Crippen LogP contribution is 2.45. The van der Waals surface area contributed by atoms with Crippen molar-refractivity contribution in [2.24, 2.45) is 0 Å². The van der Waals surface area contributed by atoms with Gasteiger partial charge in [-0.1, -0.05) is 97.1 Å². The number of aliphatic carboxylic acids is 1. The molecule has 4 aromatic rings. The Balaban J connectivity index is 1.02. The third-order valence-electron chi connectivity index (χ3n) is 7.73. The number of carboxylic acid groups (broad SMARTS) is 1. The maximum Gasteiger partial charge on any atom is 0.407 e. The first-order valence-electron chi connectivity index (χ1n) is 13.4. The number of benzene rings is 4. The van der Waals surface area contributed by atoms with Crippen molar-refractivity contribution in [3.8, 4) is 22.3 Å². The summed E-state index contributed by atoms with van der Waals surface area (Å²) in [5.74, 6) is -1.59. The zero-order valence-corrected chi connectivity index (χ0v) is 22.1. The highest BCUT2D eigenvalue weighted by molar-refractivity contribution is 5.82. The number of carbonyl (C=O) groups is 3. The minimum Gasteiger partial charge on any atom is -0.480 e. The van der Waals surface area contributed by atoms with Gasteiger partial charge in [-0.25, -0.2) is 14.4 Å². The smallest absolute Gasteiger partial charge is 0.407 e. The molecule has 41 heavy (non-hydrogen) atoms. The van der Waals surface area contributed by atoms with E-state index in [0.717, 1.165) is 44.5 Å². The van der Waals surface area contributed by atoms with Crippen molar-refractivity contribution in [3.05, 3.63) is 119 Å². The lowest BCUT2D eigenvalue weighted by Crippen LogP contribution is -2.48. The summed E-state index contributed by atoms with van der Waals surface area (Å²) in [5.41, 5.74) is 8.64. The van der Waals surface area contributed by atoms with E-state index >= 15 is 0 Å². The minimum absolute atomic E-state index is 0.0476. The third kappa shape index (κ3) is 5.12. The van der Waals surface area contributed by atoms with E-state index in [-0.39, 0.29) is 31.6 Å². The molecule has 0 fully saturated rings. The van der Waals surface area contributed by atoms with Gasteiger partial charge in [0.2, 0.25) is 0 Å². The van der Waals surface area contributed by atoms with Crippen LogP contribution >= 0.6 is 0 Å². The highest BCUT2D eigenvalue weighted by atomic mass is 16.6. The fourth-order valence-corrected chi connectivity index (χ4v) is 5.82. The predicted molar refractivity (Wildman–Crippen MR) is 153 cm³/mol. The van der Waals surface area contributed by atoms with E-state index in [0.29, 0.717) is 0 Å². The molecule has 4 aromatic carbocycles. The van der Waals surface area contributed by atoms with Crippen LogP contribution in [0.5, 0.6) is 0 Å². The lowest BCUT2D eigenvalue weighted by Gasteiger charge is -2.18. The summed E-state index contributed by atoms with van der Waals surface area (Å²) >= 11 is 0. The van der Waals surface area contributed by atoms with Crippen molar-refractivity contribution >= 4 is 18.2 Å². The number of nitrogens with one attached hydrogen (secondary N) is 2. The summed E-state index contributed by atoms with van der Waals surface area (Å²) in [6, 6.07) is 30.4. The molecule has 6 rings (SSSR count). The van der Waals surface area contributed by atoms with Gasteiger partial charge in [-0.15, -0.1) is 0 Å². The molecule has 0 saturated heterocycles. The Morgan fingerprint density at radius 1 is 0.610 bits per heavy atom. The Morgan fingerprint density at radius 3 is 1.37 bits per heavy atom. The SMILES string of the molecule is O=C(NC[C@@H](NC(=O)OCC1c2ccccc2-c2ccccc21)C(=O)O)OCC1c2ccccc2-c2ccccc21. The lowest BCUT2D eigenvalue weighted by molar-refractivity contribution is -0.139. The van der Waals surface area contributed by atoms with Gasteiger partial charge in [-0.05, 0) is 44.5 Å². The van der Waals surface area contributed by atoms with Crippen LogP contribution in [-0.4, -0.2) is 49.1 Å². The van der Waals surface area contributed by atoms with Crippen molar-refractivity contribution < 1.29 is 29.0 Å². The molecule has 2 aliphatic carbocycles. The van der Waals surface area contributed by atoms with Crippen LogP contribution in [0.3, 0.4) is 0 Å². The molecule has 0 aromatic heterocycles. The zero-order chi connectivity index (χ0) is 28.3. The molecule has 2 amide bonds. The first-order valence-corrected chi connectivity index (χ1v) is 13.4. The first-order chi connectivity index (χ1) is 20.0. The van der Waals surface area contributed by atoms with E-state index in [1.165, 1.54) is 0 Å². The average molecular weight is 549 g/mol. The fourth-order valence-electron chi connectivity index (χ4n) is 5.82. The maximum absolute atomic E-state index is 12.6. The lowest BCUT2D eigenvalue weighted by atomic mass is 9.98. The van der Waals surface area contributed by atoms with Gasteiger partial charge in [-0.2, -0.15) is 0 Å². The van der Waals surface area contributed by atoms with E-state index < -0.39 is 24.2 Å². The van der Waals surface area contributed by atoms with E-state index in [2.05, 4.69) is 10.6 Å². The molecule has 0 aliphatic heterocycles. The number of hydrogen-bond donors (Lipinski definition) is 3. The molecular formula is C33H28N2O6. The summed E-state index contributed by atoms with van der Waals surface area (Å²) in [6.45, 7) is -0.223. The molecule has 0 saturated carbocycles. The summed E-state index contributed by atoms with van der Waals surface area (Å²) in [4.78, 5) is 36.9. The van der Waals surface area contributed by atoms with Crippen LogP contribution in [0.25, 0.3) is 22.3 Å². The largest absolute Gasteiger partial charge is 0.480 e. The van der Waals surface area contributed by atoms with Crippen molar-refractivity contribution in [2.75, 3.05) is 19.8 Å². The van der Waals surface area contributed by atoms with Gasteiger partial charge in [-0.3, -0.25) is 0 Å². The number of hydrogen-bond acceptors (Lipinski definition) is 5. The minimum atomic E-state index is -1.40. The first kappa shape index (κ1) is 26.1. The van der Waals surface area contributed by atoms with Crippen LogP contribution in [0.2, 0.25) is 0 Å². The molecule has 0 radical (unpaired) electrons. The highest BCUT2D eigenvalue weighted by Gasteiger charge is 2.31. The molecule has 0 spiro atoms. The number of ether oxygens (including phenoxy) is 2. The summed E-state index contributed by atoms with van der Waals surface area (Å²) in [5, 5.41) is 14.4. The van der Waals surface area contributed by atoms with Gasteiger partial charge >= 0.3 is 18.2 Å². The van der Waals surface area contributed by atoms with Crippen molar-refractivity contribution in [1.29, 1.82) is 0 Å². The van der Waals surface area contributed by atoms with Crippen LogP contribution in [0.4, 0.5) is 9.59 Å². The van der Waals surface area contributed by atoms with Crippen LogP contribution in [0.15, 0.2) is 97.1 Å². The number of rotatable bonds is 8. The van der Waals surface area contributed by atoms with Gasteiger partial charge in [0.1, 0.15) is 19.3 Å².